The van der Waals surface area contributed by atoms with Gasteiger partial charge in [0.15, 0.2) is 5.03 Å². The van der Waals surface area contributed by atoms with Crippen molar-refractivity contribution in [2.45, 2.75) is 17.9 Å². The summed E-state index contributed by atoms with van der Waals surface area (Å²) in [5.41, 5.74) is 1.67. The van der Waals surface area contributed by atoms with Crippen molar-refractivity contribution in [3.05, 3.63) is 30.0 Å². The molecule has 0 saturated heterocycles. The Kier molecular flexibility index (Phi) is 3.32. The third-order valence-electron chi connectivity index (χ3n) is 3.60. The van der Waals surface area contributed by atoms with Gasteiger partial charge in [-0.25, -0.2) is 4.68 Å². The van der Waals surface area contributed by atoms with E-state index >= 15 is 0 Å². The molecule has 112 valence electrons. The van der Waals surface area contributed by atoms with Crippen molar-refractivity contribution in [2.75, 3.05) is 18.0 Å². The molecular formula is C13H16N4O3S. The average molecular weight is 308 g/mol. The minimum Gasteiger partial charge on any atom is -0.497 e. The summed E-state index contributed by atoms with van der Waals surface area (Å²) in [5.74, 6) is 0.638. The molecule has 8 heteroatoms. The molecule has 0 amide bonds. The molecule has 7 nitrogen and oxygen atoms in total. The van der Waals surface area contributed by atoms with Gasteiger partial charge >= 0.3 is 0 Å². The van der Waals surface area contributed by atoms with Gasteiger partial charge < -0.3 is 4.74 Å². The van der Waals surface area contributed by atoms with Gasteiger partial charge in [-0.05, 0) is 24.5 Å². The summed E-state index contributed by atoms with van der Waals surface area (Å²) in [6.07, 6.45) is 2.91. The number of nitrogens with zero attached hydrogens (tertiary/aromatic N) is 4. The summed E-state index contributed by atoms with van der Waals surface area (Å²) in [7, 11) is -0.542. The molecule has 0 atom stereocenters. The van der Waals surface area contributed by atoms with Crippen LogP contribution in [-0.2, 0) is 23.5 Å². The maximum atomic E-state index is 12.8. The lowest BCUT2D eigenvalue weighted by Gasteiger charge is -2.30. The lowest BCUT2D eigenvalue weighted by molar-refractivity contribution is 0.414. The molecule has 0 unspecified atom stereocenters. The molecule has 1 aromatic heterocycles. The Bertz CT molecular complexity index is 769. The first-order valence-corrected chi connectivity index (χ1v) is 8.02. The highest BCUT2D eigenvalue weighted by Crippen LogP contribution is 2.34. The minimum atomic E-state index is -3.67. The smallest absolute Gasteiger partial charge is 0.283 e. The van der Waals surface area contributed by atoms with Crippen LogP contribution >= 0.6 is 0 Å². The van der Waals surface area contributed by atoms with Gasteiger partial charge in [0, 0.05) is 19.7 Å². The van der Waals surface area contributed by atoms with Crippen LogP contribution in [0.25, 0.3) is 0 Å². The van der Waals surface area contributed by atoms with Crippen molar-refractivity contribution in [3.63, 3.8) is 0 Å². The molecule has 0 radical (unpaired) electrons. The number of hydrogen-bond acceptors (Lipinski definition) is 5. The van der Waals surface area contributed by atoms with Gasteiger partial charge in [0.05, 0.1) is 19.0 Å². The molecule has 0 aliphatic carbocycles. The Morgan fingerprint density at radius 3 is 2.81 bits per heavy atom. The van der Waals surface area contributed by atoms with Crippen LogP contribution in [0.2, 0.25) is 0 Å². The summed E-state index contributed by atoms with van der Waals surface area (Å²) < 4.78 is 33.5. The zero-order valence-electron chi connectivity index (χ0n) is 11.9. The number of benzene rings is 1. The van der Waals surface area contributed by atoms with Crippen LogP contribution in [0.15, 0.2) is 29.4 Å². The fourth-order valence-electron chi connectivity index (χ4n) is 2.52. The van der Waals surface area contributed by atoms with E-state index in [0.717, 1.165) is 18.4 Å². The van der Waals surface area contributed by atoms with E-state index in [1.54, 1.807) is 20.2 Å². The van der Waals surface area contributed by atoms with Crippen LogP contribution in [0.3, 0.4) is 0 Å². The Morgan fingerprint density at radius 1 is 1.33 bits per heavy atom. The zero-order valence-corrected chi connectivity index (χ0v) is 12.7. The van der Waals surface area contributed by atoms with Gasteiger partial charge in [-0.3, -0.25) is 4.31 Å². The Labute approximate surface area is 123 Å². The highest BCUT2D eigenvalue weighted by atomic mass is 32.2. The van der Waals surface area contributed by atoms with E-state index in [0.29, 0.717) is 18.0 Å². The molecule has 3 rings (SSSR count). The first-order chi connectivity index (χ1) is 10.0. The van der Waals surface area contributed by atoms with Gasteiger partial charge in [-0.1, -0.05) is 11.3 Å². The highest BCUT2D eigenvalue weighted by molar-refractivity contribution is 7.92. The summed E-state index contributed by atoms with van der Waals surface area (Å²) in [5, 5.41) is 7.44. The first kappa shape index (κ1) is 13.9. The summed E-state index contributed by atoms with van der Waals surface area (Å²) in [6, 6.07) is 5.52. The number of aryl methyl sites for hydroxylation is 2. The SMILES string of the molecule is COc1ccc2c(c1)N(S(=O)(=O)c1cnnn1C)CCC2. The molecule has 0 fully saturated rings. The number of methoxy groups -OCH3 is 1. The van der Waals surface area contributed by atoms with Crippen LogP contribution in [0.5, 0.6) is 5.75 Å². The third kappa shape index (κ3) is 2.25. The largest absolute Gasteiger partial charge is 0.497 e. The quantitative estimate of drug-likeness (QED) is 0.844. The maximum absolute atomic E-state index is 12.8. The van der Waals surface area contributed by atoms with E-state index < -0.39 is 10.0 Å². The second-order valence-corrected chi connectivity index (χ2v) is 6.68. The molecular weight excluding hydrogens is 292 g/mol. The number of rotatable bonds is 3. The second kappa shape index (κ2) is 5.03. The van der Waals surface area contributed by atoms with Crippen LogP contribution in [0.1, 0.15) is 12.0 Å². The number of ether oxygens (including phenoxy) is 1. The number of aromatic nitrogens is 3. The van der Waals surface area contributed by atoms with Crippen molar-refractivity contribution < 1.29 is 13.2 Å². The standard InChI is InChI=1S/C13H16N4O3S/c1-16-13(9-14-15-16)21(18,19)17-7-3-4-10-5-6-11(20-2)8-12(10)17/h5-6,8-9H,3-4,7H2,1-2H3. The summed E-state index contributed by atoms with van der Waals surface area (Å²) >= 11 is 0. The van der Waals surface area contributed by atoms with Crippen molar-refractivity contribution in [2.24, 2.45) is 7.05 Å². The van der Waals surface area contributed by atoms with Crippen molar-refractivity contribution in [1.82, 2.24) is 15.0 Å². The number of anilines is 1. The maximum Gasteiger partial charge on any atom is 0.283 e. The Balaban J connectivity index is 2.12. The van der Waals surface area contributed by atoms with Crippen molar-refractivity contribution in [1.29, 1.82) is 0 Å². The van der Waals surface area contributed by atoms with E-state index in [2.05, 4.69) is 10.3 Å². The van der Waals surface area contributed by atoms with E-state index in [9.17, 15) is 8.42 Å². The monoisotopic (exact) mass is 308 g/mol. The van der Waals surface area contributed by atoms with Gasteiger partial charge in [-0.15, -0.1) is 5.10 Å². The molecule has 0 spiro atoms. The van der Waals surface area contributed by atoms with Gasteiger partial charge in [0.1, 0.15) is 5.75 Å². The molecule has 2 aromatic rings. The van der Waals surface area contributed by atoms with E-state index in [4.69, 9.17) is 4.74 Å². The van der Waals surface area contributed by atoms with Crippen LogP contribution in [0.4, 0.5) is 5.69 Å². The first-order valence-electron chi connectivity index (χ1n) is 6.58. The van der Waals surface area contributed by atoms with E-state index in [1.807, 2.05) is 12.1 Å². The van der Waals surface area contributed by atoms with Gasteiger partial charge in [0.25, 0.3) is 10.0 Å². The van der Waals surface area contributed by atoms with Crippen LogP contribution < -0.4 is 9.04 Å². The Hall–Kier alpha value is -2.09. The van der Waals surface area contributed by atoms with Gasteiger partial charge in [0.2, 0.25) is 0 Å². The van der Waals surface area contributed by atoms with Crippen molar-refractivity contribution in [3.8, 4) is 5.75 Å². The summed E-state index contributed by atoms with van der Waals surface area (Å²) in [6.45, 7) is 0.438. The van der Waals surface area contributed by atoms with Crippen molar-refractivity contribution >= 4 is 15.7 Å². The summed E-state index contributed by atoms with van der Waals surface area (Å²) in [4.78, 5) is 0. The molecule has 0 N–H and O–H groups in total. The number of hydrogen-bond donors (Lipinski definition) is 0. The molecule has 21 heavy (non-hydrogen) atoms. The molecule has 0 saturated carbocycles. The Morgan fingerprint density at radius 2 is 2.14 bits per heavy atom. The predicted octanol–water partition coefficient (Wildman–Crippen LogP) is 0.965. The van der Waals surface area contributed by atoms with Gasteiger partial charge in [-0.2, -0.15) is 8.42 Å². The lowest BCUT2D eigenvalue weighted by atomic mass is 10.0. The number of sulfonamides is 1. The average Bonchev–Trinajstić information content (AvgIpc) is 2.93. The molecule has 2 heterocycles. The normalized spacial score (nSPS) is 14.9. The zero-order chi connectivity index (χ0) is 15.0. The molecule has 1 aromatic carbocycles. The molecule has 1 aliphatic rings. The fraction of sp³-hybridized carbons (Fsp3) is 0.385. The number of fused-ring (bicyclic) bond motifs is 1. The van der Waals surface area contributed by atoms with E-state index in [1.165, 1.54) is 15.2 Å². The fourth-order valence-corrected chi connectivity index (χ4v) is 4.10. The predicted molar refractivity (Wildman–Crippen MR) is 76.8 cm³/mol. The van der Waals surface area contributed by atoms with E-state index in [-0.39, 0.29) is 5.03 Å². The highest BCUT2D eigenvalue weighted by Gasteiger charge is 2.31. The lowest BCUT2D eigenvalue weighted by Crippen LogP contribution is -2.36. The topological polar surface area (TPSA) is 77.3 Å². The van der Waals surface area contributed by atoms with Crippen LogP contribution in [0, 0.1) is 0 Å². The van der Waals surface area contributed by atoms with Crippen LogP contribution in [-0.4, -0.2) is 37.1 Å². The second-order valence-electron chi connectivity index (χ2n) is 4.87. The minimum absolute atomic E-state index is 0.0816. The molecule has 1 aliphatic heterocycles. The third-order valence-corrected chi connectivity index (χ3v) is 5.45. The molecule has 0 bridgehead atoms.